The van der Waals surface area contributed by atoms with E-state index in [1.807, 2.05) is 11.8 Å². The molecule has 0 radical (unpaired) electrons. The van der Waals surface area contributed by atoms with Crippen LogP contribution >= 0.6 is 11.8 Å². The summed E-state index contributed by atoms with van der Waals surface area (Å²) in [5.41, 5.74) is 1.60. The Balaban J connectivity index is 2.86. The van der Waals surface area contributed by atoms with Crippen molar-refractivity contribution in [3.8, 4) is 0 Å². The first-order chi connectivity index (χ1) is 5.04. The molecule has 11 heavy (non-hydrogen) atoms. The van der Waals surface area contributed by atoms with Crippen LogP contribution < -0.4 is 0 Å². The molecule has 0 aromatic carbocycles. The van der Waals surface area contributed by atoms with Gasteiger partial charge in [0.1, 0.15) is 0 Å². The Kier molecular flexibility index (Phi) is 2.69. The molecule has 3 unspecified atom stereocenters. The van der Waals surface area contributed by atoms with Crippen LogP contribution in [0.5, 0.6) is 0 Å². The fourth-order valence-electron chi connectivity index (χ4n) is 1.60. The predicted molar refractivity (Wildman–Crippen MR) is 53.8 cm³/mol. The summed E-state index contributed by atoms with van der Waals surface area (Å²) < 4.78 is 0. The summed E-state index contributed by atoms with van der Waals surface area (Å²) in [5, 5.41) is 0.800. The molecule has 1 heterocycles. The van der Waals surface area contributed by atoms with Gasteiger partial charge < -0.3 is 0 Å². The van der Waals surface area contributed by atoms with Gasteiger partial charge in [-0.15, -0.1) is 11.8 Å². The van der Waals surface area contributed by atoms with E-state index in [4.69, 9.17) is 0 Å². The monoisotopic (exact) mass is 170 g/mol. The second-order valence-electron chi connectivity index (χ2n) is 3.71. The highest BCUT2D eigenvalue weighted by Gasteiger charge is 2.26. The molecule has 0 amide bonds. The molecule has 3 atom stereocenters. The minimum Gasteiger partial charge on any atom is -0.128 e. The Hall–Kier alpha value is 0.0900. The lowest BCUT2D eigenvalue weighted by Crippen LogP contribution is -2.23. The maximum absolute atomic E-state index is 2.36. The second kappa shape index (κ2) is 3.22. The lowest BCUT2D eigenvalue weighted by atomic mass is 9.87. The first-order valence-corrected chi connectivity index (χ1v) is 5.26. The summed E-state index contributed by atoms with van der Waals surface area (Å²) in [5.74, 6) is 1.62. The minimum absolute atomic E-state index is 0.784. The van der Waals surface area contributed by atoms with E-state index < -0.39 is 0 Å². The number of thioether (sulfide) groups is 1. The lowest BCUT2D eigenvalue weighted by Gasteiger charge is -2.33. The zero-order valence-electron chi connectivity index (χ0n) is 8.14. The minimum atomic E-state index is 0.784. The van der Waals surface area contributed by atoms with E-state index in [0.29, 0.717) is 0 Å². The molecule has 0 saturated carbocycles. The van der Waals surface area contributed by atoms with Gasteiger partial charge in [0.05, 0.1) is 0 Å². The Morgan fingerprint density at radius 1 is 1.09 bits per heavy atom. The lowest BCUT2D eigenvalue weighted by molar-refractivity contribution is 0.430. The first-order valence-electron chi connectivity index (χ1n) is 4.38. The van der Waals surface area contributed by atoms with E-state index >= 15 is 0 Å². The molecule has 0 N–H and O–H groups in total. The number of hydrogen-bond acceptors (Lipinski definition) is 1. The maximum Gasteiger partial charge on any atom is 0.00939 e. The van der Waals surface area contributed by atoms with E-state index in [0.717, 1.165) is 17.1 Å². The van der Waals surface area contributed by atoms with Crippen molar-refractivity contribution in [2.75, 3.05) is 0 Å². The second-order valence-corrected chi connectivity index (χ2v) is 5.30. The molecule has 0 fully saturated rings. The van der Waals surface area contributed by atoms with E-state index in [1.165, 1.54) is 0 Å². The van der Waals surface area contributed by atoms with Crippen LogP contribution in [-0.2, 0) is 0 Å². The Morgan fingerprint density at radius 3 is 2.18 bits per heavy atom. The van der Waals surface area contributed by atoms with Gasteiger partial charge in [-0.2, -0.15) is 0 Å². The van der Waals surface area contributed by atoms with Gasteiger partial charge in [0.2, 0.25) is 0 Å². The predicted octanol–water partition coefficient (Wildman–Crippen LogP) is 3.69. The SMILES string of the molecule is CC1=C(C)C(C)C(C)C(C)S1. The average Bonchev–Trinajstić information content (AvgIpc) is 1.97. The normalized spacial score (nSPS) is 39.5. The van der Waals surface area contributed by atoms with Gasteiger partial charge in [0.25, 0.3) is 0 Å². The molecular formula is C10H18S. The summed E-state index contributed by atoms with van der Waals surface area (Å²) in [6.07, 6.45) is 0. The quantitative estimate of drug-likeness (QED) is 0.534. The smallest absolute Gasteiger partial charge is 0.00939 e. The summed E-state index contributed by atoms with van der Waals surface area (Å²) in [4.78, 5) is 1.54. The molecule has 1 aliphatic rings. The number of hydrogen-bond donors (Lipinski definition) is 0. The summed E-state index contributed by atoms with van der Waals surface area (Å²) in [6.45, 7) is 11.6. The van der Waals surface area contributed by atoms with Crippen LogP contribution in [0.1, 0.15) is 34.6 Å². The van der Waals surface area contributed by atoms with Crippen LogP contribution in [0.25, 0.3) is 0 Å². The van der Waals surface area contributed by atoms with Crippen molar-refractivity contribution in [2.24, 2.45) is 11.8 Å². The fraction of sp³-hybridized carbons (Fsp3) is 0.800. The summed E-state index contributed by atoms with van der Waals surface area (Å²) >= 11 is 2.04. The largest absolute Gasteiger partial charge is 0.128 e. The molecule has 0 spiro atoms. The van der Waals surface area contributed by atoms with E-state index in [-0.39, 0.29) is 0 Å². The van der Waals surface area contributed by atoms with Crippen LogP contribution in [0.3, 0.4) is 0 Å². The highest BCUT2D eigenvalue weighted by Crippen LogP contribution is 2.41. The van der Waals surface area contributed by atoms with Crippen molar-refractivity contribution >= 4 is 11.8 Å². The topological polar surface area (TPSA) is 0 Å². The van der Waals surface area contributed by atoms with Gasteiger partial charge in [-0.25, -0.2) is 0 Å². The molecule has 1 heteroatoms. The van der Waals surface area contributed by atoms with Gasteiger partial charge in [-0.1, -0.05) is 26.3 Å². The third kappa shape index (κ3) is 1.64. The standard InChI is InChI=1S/C10H18S/c1-6-7(2)9(4)11-10(5)8(6)3/h6-7,9H,1-5H3. The summed E-state index contributed by atoms with van der Waals surface area (Å²) in [7, 11) is 0. The van der Waals surface area contributed by atoms with E-state index in [2.05, 4.69) is 34.6 Å². The Labute approximate surface area is 74.5 Å². The molecule has 0 bridgehead atoms. The molecule has 0 aromatic rings. The molecular weight excluding hydrogens is 152 g/mol. The zero-order valence-corrected chi connectivity index (χ0v) is 8.96. The van der Waals surface area contributed by atoms with Crippen molar-refractivity contribution in [3.05, 3.63) is 10.5 Å². The van der Waals surface area contributed by atoms with Crippen molar-refractivity contribution in [1.82, 2.24) is 0 Å². The van der Waals surface area contributed by atoms with Crippen LogP contribution in [-0.4, -0.2) is 5.25 Å². The average molecular weight is 170 g/mol. The molecule has 1 aliphatic heterocycles. The third-order valence-corrected chi connectivity index (χ3v) is 4.61. The number of allylic oxidation sites excluding steroid dienone is 2. The molecule has 0 nitrogen and oxygen atoms in total. The van der Waals surface area contributed by atoms with Gasteiger partial charge >= 0.3 is 0 Å². The maximum atomic E-state index is 2.36. The van der Waals surface area contributed by atoms with Crippen LogP contribution in [0.15, 0.2) is 10.5 Å². The molecule has 64 valence electrons. The van der Waals surface area contributed by atoms with Crippen molar-refractivity contribution in [2.45, 2.75) is 39.9 Å². The van der Waals surface area contributed by atoms with Crippen LogP contribution in [0.2, 0.25) is 0 Å². The highest BCUT2D eigenvalue weighted by atomic mass is 32.2. The van der Waals surface area contributed by atoms with Crippen molar-refractivity contribution in [3.63, 3.8) is 0 Å². The fourth-order valence-corrected chi connectivity index (χ4v) is 2.98. The van der Waals surface area contributed by atoms with Crippen LogP contribution in [0, 0.1) is 11.8 Å². The van der Waals surface area contributed by atoms with Crippen molar-refractivity contribution < 1.29 is 0 Å². The van der Waals surface area contributed by atoms with Crippen molar-refractivity contribution in [1.29, 1.82) is 0 Å². The first kappa shape index (κ1) is 9.18. The molecule has 0 aromatic heterocycles. The Morgan fingerprint density at radius 2 is 1.64 bits per heavy atom. The third-order valence-electron chi connectivity index (χ3n) is 3.13. The van der Waals surface area contributed by atoms with Crippen LogP contribution in [0.4, 0.5) is 0 Å². The number of rotatable bonds is 0. The molecule has 0 saturated heterocycles. The highest BCUT2D eigenvalue weighted by molar-refractivity contribution is 8.03. The van der Waals surface area contributed by atoms with Gasteiger partial charge in [0.15, 0.2) is 0 Å². The summed E-state index contributed by atoms with van der Waals surface area (Å²) in [6, 6.07) is 0. The molecule has 0 aliphatic carbocycles. The van der Waals surface area contributed by atoms with E-state index in [9.17, 15) is 0 Å². The van der Waals surface area contributed by atoms with Gasteiger partial charge in [0, 0.05) is 5.25 Å². The zero-order chi connectivity index (χ0) is 8.59. The molecule has 1 rings (SSSR count). The van der Waals surface area contributed by atoms with E-state index in [1.54, 1.807) is 10.5 Å². The van der Waals surface area contributed by atoms with Gasteiger partial charge in [-0.3, -0.25) is 0 Å². The van der Waals surface area contributed by atoms with Gasteiger partial charge in [-0.05, 0) is 30.6 Å². The Bertz CT molecular complexity index is 181.